The Morgan fingerprint density at radius 2 is 1.73 bits per heavy atom. The van der Waals surface area contributed by atoms with Crippen molar-refractivity contribution in [2.45, 2.75) is 6.42 Å². The standard InChI is InChI=1S/C20H20N2O4/c1-26-15-5-3-2-4-14(15)21-16(23)9-22-19(24)17-10-6-7-11(13-8-12(10)13)18(17)20(22)25/h2-7,10-13,17-18H,8-9H2,1H3,(H,21,23)/t10-,11+,12-,13-,17+,18-/m1/s1. The van der Waals surface area contributed by atoms with Gasteiger partial charge in [-0.1, -0.05) is 24.3 Å². The fourth-order valence-electron chi connectivity index (χ4n) is 5.26. The fourth-order valence-corrected chi connectivity index (χ4v) is 5.26. The molecule has 0 spiro atoms. The number of likely N-dealkylation sites (tertiary alicyclic amines) is 1. The minimum absolute atomic E-state index is 0.175. The summed E-state index contributed by atoms with van der Waals surface area (Å²) in [4.78, 5) is 39.4. The zero-order chi connectivity index (χ0) is 18.0. The van der Waals surface area contributed by atoms with Gasteiger partial charge in [0.15, 0.2) is 0 Å². The average Bonchev–Trinajstić information content (AvgIpc) is 3.43. The first-order chi connectivity index (χ1) is 12.6. The van der Waals surface area contributed by atoms with Crippen LogP contribution in [0.15, 0.2) is 36.4 Å². The van der Waals surface area contributed by atoms with Crippen molar-refractivity contribution in [2.75, 3.05) is 19.0 Å². The summed E-state index contributed by atoms with van der Waals surface area (Å²) in [5, 5.41) is 2.74. The first kappa shape index (κ1) is 15.6. The van der Waals surface area contributed by atoms with Gasteiger partial charge in [0.25, 0.3) is 0 Å². The molecule has 0 radical (unpaired) electrons. The SMILES string of the molecule is COc1ccccc1NC(=O)CN1C(=O)[C@@H]2[C@H]3C=C[C@H]([C@H]4C[C@H]34)[C@@H]2C1=O. The van der Waals surface area contributed by atoms with E-state index < -0.39 is 0 Å². The number of anilines is 1. The summed E-state index contributed by atoms with van der Waals surface area (Å²) in [5.74, 6) is 0.731. The molecule has 1 N–H and O–H groups in total. The summed E-state index contributed by atoms with van der Waals surface area (Å²) in [5.41, 5.74) is 0.527. The van der Waals surface area contributed by atoms with Crippen molar-refractivity contribution in [1.82, 2.24) is 4.90 Å². The lowest BCUT2D eigenvalue weighted by Crippen LogP contribution is -2.40. The second kappa shape index (κ2) is 5.43. The number of allylic oxidation sites excluding steroid dienone is 2. The van der Waals surface area contributed by atoms with E-state index in [9.17, 15) is 14.4 Å². The van der Waals surface area contributed by atoms with Gasteiger partial charge < -0.3 is 10.1 Å². The predicted octanol–water partition coefficient (Wildman–Crippen LogP) is 1.69. The van der Waals surface area contributed by atoms with Gasteiger partial charge in [-0.2, -0.15) is 0 Å². The predicted molar refractivity (Wildman–Crippen MR) is 93.0 cm³/mol. The molecule has 6 nitrogen and oxygen atoms in total. The van der Waals surface area contributed by atoms with Crippen LogP contribution in [0.1, 0.15) is 6.42 Å². The molecule has 0 unspecified atom stereocenters. The van der Waals surface area contributed by atoms with Gasteiger partial charge in [0.05, 0.1) is 24.6 Å². The molecular formula is C20H20N2O4. The van der Waals surface area contributed by atoms with Gasteiger partial charge in [0.1, 0.15) is 12.3 Å². The van der Waals surface area contributed by atoms with Crippen LogP contribution in [0.4, 0.5) is 5.69 Å². The van der Waals surface area contributed by atoms with E-state index in [0.29, 0.717) is 23.3 Å². The molecule has 0 aromatic heterocycles. The molecule has 1 aliphatic heterocycles. The zero-order valence-corrected chi connectivity index (χ0v) is 14.4. The van der Waals surface area contributed by atoms with Gasteiger partial charge in [-0.3, -0.25) is 19.3 Å². The number of imide groups is 1. The second-order valence-electron chi connectivity index (χ2n) is 7.67. The van der Waals surface area contributed by atoms with Crippen LogP contribution in [0.5, 0.6) is 5.75 Å². The molecule has 3 amide bonds. The third-order valence-electron chi connectivity index (χ3n) is 6.44. The van der Waals surface area contributed by atoms with Crippen molar-refractivity contribution in [3.8, 4) is 5.75 Å². The van der Waals surface area contributed by atoms with Crippen molar-refractivity contribution in [3.63, 3.8) is 0 Å². The fraction of sp³-hybridized carbons (Fsp3) is 0.450. The monoisotopic (exact) mass is 352 g/mol. The lowest BCUT2D eigenvalue weighted by molar-refractivity contribution is -0.142. The van der Waals surface area contributed by atoms with Crippen LogP contribution in [0.25, 0.3) is 0 Å². The molecule has 6 rings (SSSR count). The summed E-state index contributed by atoms with van der Waals surface area (Å²) in [6.07, 6.45) is 5.39. The summed E-state index contributed by atoms with van der Waals surface area (Å²) < 4.78 is 5.22. The second-order valence-corrected chi connectivity index (χ2v) is 7.67. The van der Waals surface area contributed by atoms with Crippen LogP contribution in [-0.4, -0.2) is 36.3 Å². The number of methoxy groups -OCH3 is 1. The summed E-state index contributed by atoms with van der Waals surface area (Å²) in [6, 6.07) is 7.06. The molecule has 1 saturated heterocycles. The van der Waals surface area contributed by atoms with E-state index in [2.05, 4.69) is 17.5 Å². The van der Waals surface area contributed by atoms with E-state index in [1.165, 1.54) is 7.11 Å². The summed E-state index contributed by atoms with van der Waals surface area (Å²) in [7, 11) is 1.53. The molecule has 1 aromatic rings. The Labute approximate surface area is 151 Å². The van der Waals surface area contributed by atoms with Crippen LogP contribution in [0.2, 0.25) is 0 Å². The molecule has 134 valence electrons. The Bertz CT molecular complexity index is 812. The number of nitrogens with zero attached hydrogens (tertiary/aromatic N) is 1. The topological polar surface area (TPSA) is 75.7 Å². The lowest BCUT2D eigenvalue weighted by atomic mass is 9.63. The number of para-hydroxylation sites is 2. The van der Waals surface area contributed by atoms with Crippen LogP contribution in [-0.2, 0) is 14.4 Å². The molecule has 1 aromatic carbocycles. The first-order valence-electron chi connectivity index (χ1n) is 9.06. The van der Waals surface area contributed by atoms with Gasteiger partial charge in [-0.15, -0.1) is 0 Å². The largest absolute Gasteiger partial charge is 0.495 e. The van der Waals surface area contributed by atoms with Crippen molar-refractivity contribution >= 4 is 23.4 Å². The number of hydrogen-bond acceptors (Lipinski definition) is 4. The summed E-state index contributed by atoms with van der Waals surface area (Å²) in [6.45, 7) is -0.239. The quantitative estimate of drug-likeness (QED) is 0.661. The molecule has 6 heteroatoms. The smallest absolute Gasteiger partial charge is 0.244 e. The van der Waals surface area contributed by atoms with Crippen LogP contribution >= 0.6 is 0 Å². The van der Waals surface area contributed by atoms with Crippen molar-refractivity contribution in [1.29, 1.82) is 0 Å². The van der Waals surface area contributed by atoms with Crippen molar-refractivity contribution in [2.24, 2.45) is 35.5 Å². The molecule has 4 aliphatic carbocycles. The van der Waals surface area contributed by atoms with E-state index in [1.807, 2.05) is 0 Å². The maximum absolute atomic E-state index is 12.9. The molecule has 2 bridgehead atoms. The maximum Gasteiger partial charge on any atom is 0.244 e. The molecule has 26 heavy (non-hydrogen) atoms. The van der Waals surface area contributed by atoms with Gasteiger partial charge in [-0.25, -0.2) is 0 Å². The Balaban J connectivity index is 1.33. The number of amides is 3. The lowest BCUT2D eigenvalue weighted by Gasteiger charge is -2.37. The van der Waals surface area contributed by atoms with Gasteiger partial charge in [0.2, 0.25) is 17.7 Å². The third-order valence-corrected chi connectivity index (χ3v) is 6.44. The highest BCUT2D eigenvalue weighted by Crippen LogP contribution is 2.65. The zero-order valence-electron chi connectivity index (χ0n) is 14.4. The van der Waals surface area contributed by atoms with E-state index in [1.54, 1.807) is 24.3 Å². The van der Waals surface area contributed by atoms with Gasteiger partial charge >= 0.3 is 0 Å². The van der Waals surface area contributed by atoms with Crippen LogP contribution in [0.3, 0.4) is 0 Å². The van der Waals surface area contributed by atoms with Crippen molar-refractivity contribution < 1.29 is 19.1 Å². The van der Waals surface area contributed by atoms with Gasteiger partial charge in [0, 0.05) is 0 Å². The number of benzene rings is 1. The number of nitrogens with one attached hydrogen (secondary N) is 1. The van der Waals surface area contributed by atoms with E-state index >= 15 is 0 Å². The summed E-state index contributed by atoms with van der Waals surface area (Å²) >= 11 is 0. The Morgan fingerprint density at radius 3 is 2.35 bits per heavy atom. The number of rotatable bonds is 4. The van der Waals surface area contributed by atoms with E-state index in [-0.39, 0.29) is 47.9 Å². The highest BCUT2D eigenvalue weighted by molar-refractivity contribution is 6.09. The van der Waals surface area contributed by atoms with Crippen molar-refractivity contribution in [3.05, 3.63) is 36.4 Å². The Kier molecular flexibility index (Phi) is 3.26. The highest BCUT2D eigenvalue weighted by atomic mass is 16.5. The third kappa shape index (κ3) is 2.08. The molecule has 1 heterocycles. The molecule has 6 atom stereocenters. The Hall–Kier alpha value is -2.63. The number of ether oxygens (including phenoxy) is 1. The molecule has 5 aliphatic rings. The Morgan fingerprint density at radius 1 is 1.12 bits per heavy atom. The number of carbonyl (C=O) groups excluding carboxylic acids is 3. The molecule has 2 saturated carbocycles. The molecule has 3 fully saturated rings. The minimum atomic E-state index is -0.389. The van der Waals surface area contributed by atoms with Crippen LogP contribution in [0, 0.1) is 35.5 Å². The maximum atomic E-state index is 12.9. The minimum Gasteiger partial charge on any atom is -0.495 e. The normalized spacial score (nSPS) is 36.0. The van der Waals surface area contributed by atoms with E-state index in [4.69, 9.17) is 4.74 Å². The highest BCUT2D eigenvalue weighted by Gasteiger charge is 2.67. The number of hydrogen-bond donors (Lipinski definition) is 1. The number of carbonyl (C=O) groups is 3. The average molecular weight is 352 g/mol. The van der Waals surface area contributed by atoms with Crippen LogP contribution < -0.4 is 10.1 Å². The molecular weight excluding hydrogens is 332 g/mol. The van der Waals surface area contributed by atoms with E-state index in [0.717, 1.165) is 11.3 Å². The first-order valence-corrected chi connectivity index (χ1v) is 9.06. The van der Waals surface area contributed by atoms with Gasteiger partial charge in [-0.05, 0) is 42.2 Å².